The number of rotatable bonds is 6. The number of piperidine rings is 1. The Morgan fingerprint density at radius 3 is 2.61 bits per heavy atom. The minimum atomic E-state index is -3.51. The zero-order chi connectivity index (χ0) is 19.8. The topological polar surface area (TPSA) is 66.5 Å². The summed E-state index contributed by atoms with van der Waals surface area (Å²) in [5.74, 6) is -0.305. The standard InChI is InChI=1S/C21H26N2O3S2/c1-16-9-10-19(27-16)28(25,26)23-13-5-6-17(14-23)20(24)22-15-21(11-12-21)18-7-3-2-4-8-18/h2-4,7-10,17H,5-6,11-15H2,1H3,(H,22,24). The minimum Gasteiger partial charge on any atom is -0.355 e. The van der Waals surface area contributed by atoms with Crippen LogP contribution >= 0.6 is 11.3 Å². The molecule has 1 aliphatic heterocycles. The SMILES string of the molecule is Cc1ccc(S(=O)(=O)N2CCCC(C(=O)NCC3(c4ccccc4)CC3)C2)s1. The van der Waals surface area contributed by atoms with E-state index in [-0.39, 0.29) is 23.8 Å². The zero-order valence-corrected chi connectivity index (χ0v) is 17.7. The molecule has 1 saturated carbocycles. The molecule has 1 amide bonds. The first kappa shape index (κ1) is 19.6. The van der Waals surface area contributed by atoms with Crippen LogP contribution in [0.3, 0.4) is 0 Å². The highest BCUT2D eigenvalue weighted by Gasteiger charge is 2.44. The summed E-state index contributed by atoms with van der Waals surface area (Å²) in [5.41, 5.74) is 1.34. The zero-order valence-electron chi connectivity index (χ0n) is 16.1. The highest BCUT2D eigenvalue weighted by molar-refractivity contribution is 7.91. The summed E-state index contributed by atoms with van der Waals surface area (Å²) in [7, 11) is -3.51. The fourth-order valence-corrected chi connectivity index (χ4v) is 6.92. The maximum absolute atomic E-state index is 12.9. The predicted molar refractivity (Wildman–Crippen MR) is 111 cm³/mol. The number of aryl methyl sites for hydroxylation is 1. The molecule has 1 unspecified atom stereocenters. The van der Waals surface area contributed by atoms with Crippen molar-refractivity contribution in [3.63, 3.8) is 0 Å². The van der Waals surface area contributed by atoms with Gasteiger partial charge in [-0.1, -0.05) is 30.3 Å². The van der Waals surface area contributed by atoms with Gasteiger partial charge in [0.2, 0.25) is 5.91 Å². The number of thiophene rings is 1. The van der Waals surface area contributed by atoms with Crippen molar-refractivity contribution in [2.45, 2.75) is 42.2 Å². The Hall–Kier alpha value is -1.70. The van der Waals surface area contributed by atoms with E-state index in [1.165, 1.54) is 21.2 Å². The number of carbonyl (C=O) groups excluding carboxylic acids is 1. The summed E-state index contributed by atoms with van der Waals surface area (Å²) in [6, 6.07) is 13.8. The van der Waals surface area contributed by atoms with Gasteiger partial charge in [0.15, 0.2) is 0 Å². The molecule has 1 aliphatic carbocycles. The Kier molecular flexibility index (Phi) is 5.33. The monoisotopic (exact) mass is 418 g/mol. The number of carbonyl (C=O) groups is 1. The van der Waals surface area contributed by atoms with Crippen molar-refractivity contribution >= 4 is 27.3 Å². The van der Waals surface area contributed by atoms with Gasteiger partial charge in [-0.2, -0.15) is 4.31 Å². The molecular weight excluding hydrogens is 392 g/mol. The molecule has 1 saturated heterocycles. The molecule has 4 rings (SSSR count). The number of amides is 1. The lowest BCUT2D eigenvalue weighted by molar-refractivity contribution is -0.126. The Morgan fingerprint density at radius 1 is 1.21 bits per heavy atom. The second kappa shape index (κ2) is 7.61. The summed E-state index contributed by atoms with van der Waals surface area (Å²) < 4.78 is 27.6. The lowest BCUT2D eigenvalue weighted by Crippen LogP contribution is -2.46. The van der Waals surface area contributed by atoms with Gasteiger partial charge in [0, 0.05) is 29.9 Å². The van der Waals surface area contributed by atoms with Crippen LogP contribution in [0.15, 0.2) is 46.7 Å². The maximum Gasteiger partial charge on any atom is 0.252 e. The second-order valence-corrected chi connectivity index (χ2v) is 11.4. The van der Waals surface area contributed by atoms with Gasteiger partial charge in [-0.15, -0.1) is 11.3 Å². The normalized spacial score (nSPS) is 22.0. The molecular formula is C21H26N2O3S2. The van der Waals surface area contributed by atoms with Crippen molar-refractivity contribution in [2.75, 3.05) is 19.6 Å². The van der Waals surface area contributed by atoms with Crippen molar-refractivity contribution in [1.29, 1.82) is 0 Å². The van der Waals surface area contributed by atoms with E-state index >= 15 is 0 Å². The number of benzene rings is 1. The van der Waals surface area contributed by atoms with Gasteiger partial charge in [-0.05, 0) is 50.3 Å². The Balaban J connectivity index is 1.39. The molecule has 7 heteroatoms. The van der Waals surface area contributed by atoms with E-state index in [2.05, 4.69) is 17.4 Å². The van der Waals surface area contributed by atoms with E-state index in [4.69, 9.17) is 0 Å². The van der Waals surface area contributed by atoms with Crippen molar-refractivity contribution in [3.05, 3.63) is 52.9 Å². The van der Waals surface area contributed by atoms with Crippen molar-refractivity contribution in [2.24, 2.45) is 5.92 Å². The molecule has 1 aromatic carbocycles. The Labute approximate surface area is 170 Å². The lowest BCUT2D eigenvalue weighted by atomic mass is 9.94. The smallest absolute Gasteiger partial charge is 0.252 e. The number of hydrogen-bond acceptors (Lipinski definition) is 4. The van der Waals surface area contributed by atoms with Gasteiger partial charge < -0.3 is 5.32 Å². The van der Waals surface area contributed by atoms with E-state index in [0.717, 1.165) is 24.1 Å². The largest absolute Gasteiger partial charge is 0.355 e. The molecule has 0 spiro atoms. The molecule has 1 N–H and O–H groups in total. The van der Waals surface area contributed by atoms with Crippen LogP contribution in [0.5, 0.6) is 0 Å². The van der Waals surface area contributed by atoms with Gasteiger partial charge in [0.1, 0.15) is 4.21 Å². The third kappa shape index (κ3) is 3.88. The van der Waals surface area contributed by atoms with Gasteiger partial charge in [0.05, 0.1) is 5.92 Å². The first-order valence-electron chi connectivity index (χ1n) is 9.81. The van der Waals surface area contributed by atoms with Crippen LogP contribution < -0.4 is 5.32 Å². The molecule has 0 radical (unpaired) electrons. The van der Waals surface area contributed by atoms with E-state index in [1.54, 1.807) is 6.07 Å². The first-order chi connectivity index (χ1) is 13.4. The first-order valence-corrected chi connectivity index (χ1v) is 12.1. The van der Waals surface area contributed by atoms with E-state index in [0.29, 0.717) is 23.7 Å². The molecule has 2 heterocycles. The Bertz CT molecular complexity index is 949. The molecule has 2 fully saturated rings. The van der Waals surface area contributed by atoms with Crippen LogP contribution in [-0.4, -0.2) is 38.3 Å². The van der Waals surface area contributed by atoms with Crippen LogP contribution in [0.4, 0.5) is 0 Å². The van der Waals surface area contributed by atoms with Crippen LogP contribution in [0.1, 0.15) is 36.1 Å². The number of nitrogens with zero attached hydrogens (tertiary/aromatic N) is 1. The molecule has 0 bridgehead atoms. The minimum absolute atomic E-state index is 0.0236. The molecule has 150 valence electrons. The quantitative estimate of drug-likeness (QED) is 0.783. The molecule has 5 nitrogen and oxygen atoms in total. The molecule has 2 aromatic rings. The van der Waals surface area contributed by atoms with Crippen LogP contribution in [0.2, 0.25) is 0 Å². The van der Waals surface area contributed by atoms with E-state index in [1.807, 2.05) is 31.2 Å². The number of hydrogen-bond donors (Lipinski definition) is 1. The molecule has 28 heavy (non-hydrogen) atoms. The van der Waals surface area contributed by atoms with Crippen molar-refractivity contribution in [1.82, 2.24) is 9.62 Å². The third-order valence-corrected chi connectivity index (χ3v) is 9.24. The van der Waals surface area contributed by atoms with Gasteiger partial charge in [-0.3, -0.25) is 4.79 Å². The van der Waals surface area contributed by atoms with Gasteiger partial charge in [-0.25, -0.2) is 8.42 Å². The van der Waals surface area contributed by atoms with Crippen molar-refractivity contribution < 1.29 is 13.2 Å². The lowest BCUT2D eigenvalue weighted by Gasteiger charge is -2.31. The van der Waals surface area contributed by atoms with Gasteiger partial charge >= 0.3 is 0 Å². The second-order valence-electron chi connectivity index (χ2n) is 7.93. The summed E-state index contributed by atoms with van der Waals surface area (Å²) in [6.45, 7) is 3.28. The predicted octanol–water partition coefficient (Wildman–Crippen LogP) is 3.31. The van der Waals surface area contributed by atoms with Crippen LogP contribution in [-0.2, 0) is 20.2 Å². The van der Waals surface area contributed by atoms with Crippen LogP contribution in [0, 0.1) is 12.8 Å². The summed E-state index contributed by atoms with van der Waals surface area (Å²) >= 11 is 1.29. The average molecular weight is 419 g/mol. The fourth-order valence-electron chi connectivity index (χ4n) is 3.96. The number of nitrogens with one attached hydrogen (secondary N) is 1. The van der Waals surface area contributed by atoms with Gasteiger partial charge in [0.25, 0.3) is 10.0 Å². The summed E-state index contributed by atoms with van der Waals surface area (Å²) in [4.78, 5) is 13.8. The number of sulfonamides is 1. The van der Waals surface area contributed by atoms with E-state index < -0.39 is 10.0 Å². The third-order valence-electron chi connectivity index (χ3n) is 5.91. The van der Waals surface area contributed by atoms with Crippen molar-refractivity contribution in [3.8, 4) is 0 Å². The summed E-state index contributed by atoms with van der Waals surface area (Å²) in [6.07, 6.45) is 3.62. The van der Waals surface area contributed by atoms with E-state index in [9.17, 15) is 13.2 Å². The van der Waals surface area contributed by atoms with Crippen LogP contribution in [0.25, 0.3) is 0 Å². The highest BCUT2D eigenvalue weighted by Crippen LogP contribution is 2.47. The molecule has 1 aromatic heterocycles. The maximum atomic E-state index is 12.9. The Morgan fingerprint density at radius 2 is 1.96 bits per heavy atom. The average Bonchev–Trinajstić information content (AvgIpc) is 3.39. The molecule has 1 atom stereocenters. The summed E-state index contributed by atoms with van der Waals surface area (Å²) in [5, 5.41) is 3.11. The fraction of sp³-hybridized carbons (Fsp3) is 0.476. The highest BCUT2D eigenvalue weighted by atomic mass is 32.2. The molecule has 2 aliphatic rings.